The van der Waals surface area contributed by atoms with E-state index in [4.69, 9.17) is 8.53 Å². The molecule has 4 aromatic rings. The molecule has 1 aliphatic heterocycles. The number of nitrogens with zero attached hydrogens (tertiary/aromatic N) is 3. The fraction of sp³-hybridized carbons (Fsp3) is 0.167. The first-order valence-corrected chi connectivity index (χ1v) is 9.63. The third kappa shape index (κ3) is 2.77. The Balaban J connectivity index is 1.70. The molecule has 0 radical (unpaired) electrons. The van der Waals surface area contributed by atoms with E-state index in [2.05, 4.69) is 22.8 Å². The molecule has 5 heteroatoms. The van der Waals surface area contributed by atoms with Crippen molar-refractivity contribution in [1.29, 1.82) is 0 Å². The molecule has 0 fully saturated rings. The van der Waals surface area contributed by atoms with Crippen molar-refractivity contribution in [2.75, 3.05) is 11.9 Å². The van der Waals surface area contributed by atoms with Crippen molar-refractivity contribution < 1.29 is 13.1 Å². The molecule has 0 aliphatic carbocycles. The van der Waals surface area contributed by atoms with Crippen LogP contribution in [0.5, 0.6) is 0 Å². The first-order valence-electron chi connectivity index (χ1n) is 11.1. The zero-order valence-electron chi connectivity index (χ0n) is 19.7. The van der Waals surface area contributed by atoms with Gasteiger partial charge in [0.25, 0.3) is 0 Å². The minimum atomic E-state index is -2.22. The minimum Gasteiger partial charge on any atom is -0.423 e. The maximum atomic E-state index is 8.09. The Labute approximate surface area is 175 Å². The van der Waals surface area contributed by atoms with Crippen LogP contribution in [0.15, 0.2) is 70.8 Å². The van der Waals surface area contributed by atoms with E-state index >= 15 is 0 Å². The normalized spacial score (nSPS) is 15.6. The van der Waals surface area contributed by atoms with E-state index in [0.717, 1.165) is 39.0 Å². The lowest BCUT2D eigenvalue weighted by Gasteiger charge is -2.28. The number of benzene rings is 1. The van der Waals surface area contributed by atoms with E-state index < -0.39 is 6.85 Å². The topological polar surface area (TPSA) is 33.1 Å². The van der Waals surface area contributed by atoms with Crippen LogP contribution in [0.3, 0.4) is 0 Å². The Morgan fingerprint density at radius 2 is 2.00 bits per heavy atom. The summed E-state index contributed by atoms with van der Waals surface area (Å²) in [5.74, 6) is 0.760. The van der Waals surface area contributed by atoms with E-state index in [0.29, 0.717) is 11.3 Å². The standard InChI is InChI=1S/C24H23BN3O/c1-16-15-27(3)22(14-20(16)18-9-6-5-7-10-18)25-17(2)13-21-19-11-8-12-26-23(19)29-24(21)28(25)4/h5-15H,1-4H3/q+1/i1D3. The lowest BCUT2D eigenvalue weighted by Crippen LogP contribution is -2.62. The van der Waals surface area contributed by atoms with Crippen LogP contribution >= 0.6 is 0 Å². The van der Waals surface area contributed by atoms with E-state index in [1.807, 2.05) is 67.2 Å². The van der Waals surface area contributed by atoms with E-state index in [1.54, 1.807) is 12.4 Å². The summed E-state index contributed by atoms with van der Waals surface area (Å²) in [5, 5.41) is 0.985. The monoisotopic (exact) mass is 383 g/mol. The summed E-state index contributed by atoms with van der Waals surface area (Å²) in [6.45, 7) is -0.233. The Kier molecular flexibility index (Phi) is 3.34. The highest BCUT2D eigenvalue weighted by atomic mass is 16.4. The number of anilines is 1. The lowest BCUT2D eigenvalue weighted by molar-refractivity contribution is -0.654. The average Bonchev–Trinajstić information content (AvgIpc) is 3.13. The van der Waals surface area contributed by atoms with Crippen LogP contribution in [0, 0.1) is 6.85 Å². The molecular formula is C24H23BN3O+. The van der Waals surface area contributed by atoms with Gasteiger partial charge in [-0.1, -0.05) is 41.9 Å². The predicted octanol–water partition coefficient (Wildman–Crippen LogP) is 3.92. The smallest absolute Gasteiger partial charge is 0.401 e. The van der Waals surface area contributed by atoms with Gasteiger partial charge in [0.05, 0.1) is 0 Å². The van der Waals surface area contributed by atoms with Gasteiger partial charge in [-0.3, -0.25) is 0 Å². The molecule has 0 bridgehead atoms. The first-order chi connectivity index (χ1) is 15.3. The fourth-order valence-corrected chi connectivity index (χ4v) is 4.29. The summed E-state index contributed by atoms with van der Waals surface area (Å²) >= 11 is 0. The number of aryl methyl sites for hydroxylation is 2. The van der Waals surface area contributed by atoms with E-state index in [9.17, 15) is 0 Å². The van der Waals surface area contributed by atoms with Gasteiger partial charge in [0.15, 0.2) is 17.7 Å². The van der Waals surface area contributed by atoms with Gasteiger partial charge >= 0.3 is 6.85 Å². The second kappa shape index (κ2) is 6.62. The van der Waals surface area contributed by atoms with Crippen LogP contribution in [0.25, 0.3) is 28.3 Å². The summed E-state index contributed by atoms with van der Waals surface area (Å²) in [7, 11) is 3.90. The molecule has 4 heterocycles. The predicted molar refractivity (Wildman–Crippen MR) is 119 cm³/mol. The third-order valence-corrected chi connectivity index (χ3v) is 5.67. The first kappa shape index (κ1) is 14.6. The van der Waals surface area contributed by atoms with Crippen LogP contribution < -0.4 is 15.0 Å². The van der Waals surface area contributed by atoms with Crippen molar-refractivity contribution in [3.05, 3.63) is 77.5 Å². The van der Waals surface area contributed by atoms with Crippen LogP contribution in [-0.4, -0.2) is 18.9 Å². The van der Waals surface area contributed by atoms with Crippen LogP contribution in [0.2, 0.25) is 0 Å². The number of rotatable bonds is 2. The minimum absolute atomic E-state index is 0.110. The van der Waals surface area contributed by atoms with Crippen LogP contribution in [0.4, 0.5) is 5.88 Å². The number of aromatic nitrogens is 2. The molecule has 0 amide bonds. The molecule has 0 atom stereocenters. The van der Waals surface area contributed by atoms with Gasteiger partial charge in [0, 0.05) is 32.9 Å². The van der Waals surface area contributed by atoms with Crippen molar-refractivity contribution in [3.63, 3.8) is 0 Å². The van der Waals surface area contributed by atoms with Crippen molar-refractivity contribution in [2.45, 2.75) is 13.8 Å². The fourth-order valence-electron chi connectivity index (χ4n) is 4.29. The number of furan rings is 1. The highest BCUT2D eigenvalue weighted by molar-refractivity contribution is 6.82. The molecule has 0 saturated carbocycles. The van der Waals surface area contributed by atoms with Gasteiger partial charge in [-0.25, -0.2) is 9.55 Å². The van der Waals surface area contributed by atoms with Crippen molar-refractivity contribution in [2.24, 2.45) is 7.05 Å². The number of hydrogen-bond donors (Lipinski definition) is 0. The Morgan fingerprint density at radius 1 is 1.17 bits per heavy atom. The molecule has 29 heavy (non-hydrogen) atoms. The zero-order chi connectivity index (χ0) is 22.6. The molecular weight excluding hydrogens is 357 g/mol. The number of hydrogen-bond acceptors (Lipinski definition) is 3. The van der Waals surface area contributed by atoms with Gasteiger partial charge in [-0.05, 0) is 44.1 Å². The van der Waals surface area contributed by atoms with E-state index in [1.165, 1.54) is 0 Å². The number of fused-ring (bicyclic) bond motifs is 3. The Bertz CT molecular complexity index is 1360. The quantitative estimate of drug-likeness (QED) is 0.389. The summed E-state index contributed by atoms with van der Waals surface area (Å²) in [6, 6.07) is 15.6. The largest absolute Gasteiger partial charge is 0.423 e. The maximum Gasteiger partial charge on any atom is 0.401 e. The van der Waals surface area contributed by atoms with Crippen molar-refractivity contribution in [1.82, 2.24) is 4.98 Å². The molecule has 5 rings (SSSR count). The molecule has 0 saturated heterocycles. The van der Waals surface area contributed by atoms with Crippen molar-refractivity contribution in [3.8, 4) is 11.1 Å². The molecule has 1 aromatic carbocycles. The molecule has 0 spiro atoms. The van der Waals surface area contributed by atoms with Gasteiger partial charge in [0.2, 0.25) is 5.71 Å². The van der Waals surface area contributed by atoms with Gasteiger partial charge in [0.1, 0.15) is 7.05 Å². The van der Waals surface area contributed by atoms with Crippen LogP contribution in [-0.2, 0) is 7.05 Å². The zero-order valence-corrected chi connectivity index (χ0v) is 16.7. The molecule has 142 valence electrons. The van der Waals surface area contributed by atoms with Crippen molar-refractivity contribution >= 4 is 35.5 Å². The molecule has 1 aliphatic rings. The molecule has 4 nitrogen and oxygen atoms in total. The van der Waals surface area contributed by atoms with Gasteiger partial charge in [-0.15, -0.1) is 0 Å². The van der Waals surface area contributed by atoms with Gasteiger partial charge < -0.3 is 9.23 Å². The van der Waals surface area contributed by atoms with E-state index in [-0.39, 0.29) is 6.85 Å². The van der Waals surface area contributed by atoms with Gasteiger partial charge in [-0.2, -0.15) is 0 Å². The summed E-state index contributed by atoms with van der Waals surface area (Å²) in [5.41, 5.74) is 5.69. The maximum absolute atomic E-state index is 8.09. The number of pyridine rings is 2. The second-order valence-electron chi connectivity index (χ2n) is 7.58. The second-order valence-corrected chi connectivity index (χ2v) is 7.58. The molecule has 3 aromatic heterocycles. The Morgan fingerprint density at radius 3 is 2.79 bits per heavy atom. The Hall–Kier alpha value is -3.34. The van der Waals surface area contributed by atoms with Crippen LogP contribution in [0.1, 0.15) is 22.2 Å². The number of allylic oxidation sites excluding steroid dienone is 1. The third-order valence-electron chi connectivity index (χ3n) is 5.67. The lowest BCUT2D eigenvalue weighted by atomic mass is 9.49. The molecule has 0 unspecified atom stereocenters. The summed E-state index contributed by atoms with van der Waals surface area (Å²) < 4.78 is 32.3. The highest BCUT2D eigenvalue weighted by Gasteiger charge is 2.39. The average molecular weight is 383 g/mol. The molecule has 0 N–H and O–H groups in total. The highest BCUT2D eigenvalue weighted by Crippen LogP contribution is 2.37. The summed E-state index contributed by atoms with van der Waals surface area (Å²) in [4.78, 5) is 6.47. The SMILES string of the molecule is [2H]C([2H])([2H])c1c[n+](C)c(B2C(C)=Cc3c(oc4ncccc34)N2C)cc1-c1ccccc1. The summed E-state index contributed by atoms with van der Waals surface area (Å²) in [6.07, 6.45) is 5.61.